The lowest BCUT2D eigenvalue weighted by atomic mass is 9.50. The first-order chi connectivity index (χ1) is 16.6. The van der Waals surface area contributed by atoms with Gasteiger partial charge in [-0.05, 0) is 51.1 Å². The van der Waals surface area contributed by atoms with Crippen molar-refractivity contribution in [3.8, 4) is 11.5 Å². The van der Waals surface area contributed by atoms with Crippen molar-refractivity contribution in [1.82, 2.24) is 4.90 Å². The molecule has 0 radical (unpaired) electrons. The van der Waals surface area contributed by atoms with Crippen LogP contribution in [0.5, 0.6) is 11.5 Å². The standard InChI is InChI=1S/C25H29NO9/c1-13(23(29)30)33-18(27)6-7-19(28)34-16-8-9-25(31)17-12-14-4-5-15(32-3)21-20(14)24(25,22(16)35-21)10-11-26(17)2/h4-5,8,13,17,22,31H,6-7,9-12H2,1-3H3,(H,29,30)/t13-,17+,22-,24-,25+/m0/s1. The minimum atomic E-state index is -1.30. The molecular formula is C25H29NO9. The Bertz CT molecular complexity index is 1130. The van der Waals surface area contributed by atoms with Gasteiger partial charge in [-0.1, -0.05) is 6.07 Å². The summed E-state index contributed by atoms with van der Waals surface area (Å²) in [7, 11) is 3.58. The van der Waals surface area contributed by atoms with Gasteiger partial charge in [0, 0.05) is 18.0 Å². The number of ether oxygens (including phenoxy) is 4. The summed E-state index contributed by atoms with van der Waals surface area (Å²) in [5.74, 6) is -1.28. The third-order valence-electron chi connectivity index (χ3n) is 7.98. The normalized spacial score (nSPS) is 30.9. The predicted molar refractivity (Wildman–Crippen MR) is 120 cm³/mol. The number of likely N-dealkylation sites (N-methyl/N-ethyl adjacent to an activating group) is 1. The van der Waals surface area contributed by atoms with Gasteiger partial charge in [-0.3, -0.25) is 9.59 Å². The largest absolute Gasteiger partial charge is 0.493 e. The van der Waals surface area contributed by atoms with Crippen molar-refractivity contribution in [3.63, 3.8) is 0 Å². The van der Waals surface area contributed by atoms with Crippen LogP contribution in [0.2, 0.25) is 0 Å². The van der Waals surface area contributed by atoms with Crippen LogP contribution in [0.4, 0.5) is 0 Å². The maximum absolute atomic E-state index is 12.6. The van der Waals surface area contributed by atoms with Gasteiger partial charge in [0.15, 0.2) is 23.7 Å². The van der Waals surface area contributed by atoms with Crippen molar-refractivity contribution < 1.29 is 43.5 Å². The van der Waals surface area contributed by atoms with Crippen LogP contribution < -0.4 is 9.47 Å². The van der Waals surface area contributed by atoms with E-state index in [1.54, 1.807) is 13.2 Å². The van der Waals surface area contributed by atoms with Gasteiger partial charge in [0.25, 0.3) is 0 Å². The number of piperidine rings is 1. The molecule has 0 unspecified atom stereocenters. The molecule has 0 saturated carbocycles. The van der Waals surface area contributed by atoms with Gasteiger partial charge in [0.05, 0.1) is 31.0 Å². The summed E-state index contributed by atoms with van der Waals surface area (Å²) in [5, 5.41) is 21.0. The quantitative estimate of drug-likeness (QED) is 0.543. The zero-order valence-electron chi connectivity index (χ0n) is 19.9. The molecule has 2 bridgehead atoms. The van der Waals surface area contributed by atoms with Crippen LogP contribution in [0.15, 0.2) is 24.0 Å². The van der Waals surface area contributed by atoms with E-state index in [-0.39, 0.29) is 18.9 Å². The molecule has 35 heavy (non-hydrogen) atoms. The van der Waals surface area contributed by atoms with E-state index in [9.17, 15) is 19.5 Å². The first-order valence-electron chi connectivity index (χ1n) is 11.7. The molecule has 10 heteroatoms. The van der Waals surface area contributed by atoms with Crippen molar-refractivity contribution in [2.24, 2.45) is 0 Å². The van der Waals surface area contributed by atoms with Gasteiger partial charge in [-0.15, -0.1) is 0 Å². The summed E-state index contributed by atoms with van der Waals surface area (Å²) in [5.41, 5.74) is 0.123. The van der Waals surface area contributed by atoms with E-state index in [0.29, 0.717) is 36.5 Å². The second kappa shape index (κ2) is 8.23. The van der Waals surface area contributed by atoms with Crippen LogP contribution in [-0.2, 0) is 35.7 Å². The van der Waals surface area contributed by atoms with Crippen molar-refractivity contribution in [2.45, 2.75) is 68.3 Å². The second-order valence-electron chi connectivity index (χ2n) is 9.73. The van der Waals surface area contributed by atoms with Gasteiger partial charge in [0.2, 0.25) is 0 Å². The highest BCUT2D eigenvalue weighted by molar-refractivity contribution is 5.81. The van der Waals surface area contributed by atoms with Gasteiger partial charge in [-0.25, -0.2) is 4.79 Å². The van der Waals surface area contributed by atoms with Crippen molar-refractivity contribution >= 4 is 17.9 Å². The zero-order valence-corrected chi connectivity index (χ0v) is 19.9. The van der Waals surface area contributed by atoms with Crippen LogP contribution in [0.1, 0.15) is 43.7 Å². The van der Waals surface area contributed by atoms with E-state index in [4.69, 9.17) is 24.1 Å². The molecule has 2 aliphatic carbocycles. The molecule has 1 aromatic rings. The van der Waals surface area contributed by atoms with Crippen LogP contribution in [0.25, 0.3) is 0 Å². The third-order valence-corrected chi connectivity index (χ3v) is 7.98. The Morgan fingerprint density at radius 3 is 2.71 bits per heavy atom. The molecule has 4 aliphatic rings. The SMILES string of the molecule is COc1ccc2c3c1O[C@H]1C(OC(=O)CCC(=O)O[C@@H](C)C(=O)O)=CC[C@@]4(O)[C@@H](C2)N(C)CC[C@]314. The summed E-state index contributed by atoms with van der Waals surface area (Å²) in [6.07, 6.45) is 0.689. The summed E-state index contributed by atoms with van der Waals surface area (Å²) >= 11 is 0. The number of carbonyl (C=O) groups is 3. The molecule has 2 heterocycles. The lowest BCUT2D eigenvalue weighted by Crippen LogP contribution is -2.74. The Kier molecular flexibility index (Phi) is 5.56. The highest BCUT2D eigenvalue weighted by atomic mass is 16.6. The number of benzene rings is 1. The molecular weight excluding hydrogens is 458 g/mol. The Balaban J connectivity index is 1.41. The minimum absolute atomic E-state index is 0.117. The monoisotopic (exact) mass is 487 g/mol. The Morgan fingerprint density at radius 2 is 2.00 bits per heavy atom. The fraction of sp³-hybridized carbons (Fsp3) is 0.560. The van der Waals surface area contributed by atoms with Crippen LogP contribution in [0.3, 0.4) is 0 Å². The third kappa shape index (κ3) is 3.34. The highest BCUT2D eigenvalue weighted by Crippen LogP contribution is 2.65. The van der Waals surface area contributed by atoms with Crippen LogP contribution in [0, 0.1) is 0 Å². The maximum Gasteiger partial charge on any atom is 0.344 e. The van der Waals surface area contributed by atoms with Crippen molar-refractivity contribution in [1.29, 1.82) is 0 Å². The van der Waals surface area contributed by atoms with E-state index in [2.05, 4.69) is 4.90 Å². The number of likely N-dealkylation sites (tertiary alicyclic amines) is 1. The molecule has 0 amide bonds. The number of carbonyl (C=O) groups excluding carboxylic acids is 2. The fourth-order valence-electron chi connectivity index (χ4n) is 6.28. The van der Waals surface area contributed by atoms with Gasteiger partial charge >= 0.3 is 17.9 Å². The Hall–Kier alpha value is -3.11. The summed E-state index contributed by atoms with van der Waals surface area (Å²) in [6.45, 7) is 1.99. The van der Waals surface area contributed by atoms with Crippen molar-refractivity contribution in [2.75, 3.05) is 20.7 Å². The number of carboxylic acid groups (broad SMARTS) is 1. The second-order valence-corrected chi connectivity index (χ2v) is 9.73. The number of aliphatic hydroxyl groups is 1. The van der Waals surface area contributed by atoms with E-state index in [0.717, 1.165) is 17.7 Å². The Morgan fingerprint density at radius 1 is 1.26 bits per heavy atom. The van der Waals surface area contributed by atoms with E-state index >= 15 is 0 Å². The van der Waals surface area contributed by atoms with E-state index in [1.807, 2.05) is 19.2 Å². The zero-order chi connectivity index (χ0) is 25.1. The number of carboxylic acids is 1. The minimum Gasteiger partial charge on any atom is -0.493 e. The number of hydrogen-bond acceptors (Lipinski definition) is 9. The molecule has 1 aromatic carbocycles. The van der Waals surface area contributed by atoms with Gasteiger partial charge in [0.1, 0.15) is 5.76 Å². The molecule has 2 N–H and O–H groups in total. The summed E-state index contributed by atoms with van der Waals surface area (Å²) in [4.78, 5) is 37.6. The maximum atomic E-state index is 12.6. The smallest absolute Gasteiger partial charge is 0.344 e. The molecule has 0 aromatic heterocycles. The average molecular weight is 488 g/mol. The van der Waals surface area contributed by atoms with Gasteiger partial charge < -0.3 is 34.1 Å². The summed E-state index contributed by atoms with van der Waals surface area (Å²) < 4.78 is 22.4. The van der Waals surface area contributed by atoms with Gasteiger partial charge in [-0.2, -0.15) is 0 Å². The molecule has 188 valence electrons. The first-order valence-corrected chi connectivity index (χ1v) is 11.7. The highest BCUT2D eigenvalue weighted by Gasteiger charge is 2.72. The lowest BCUT2D eigenvalue weighted by Gasteiger charge is -2.61. The van der Waals surface area contributed by atoms with Crippen LogP contribution >= 0.6 is 0 Å². The number of methoxy groups -OCH3 is 1. The number of aliphatic carboxylic acids is 1. The number of rotatable bonds is 7. The fourth-order valence-corrected chi connectivity index (χ4v) is 6.28. The van der Waals surface area contributed by atoms with E-state index < -0.39 is 41.1 Å². The number of nitrogens with zero attached hydrogens (tertiary/aromatic N) is 1. The number of hydrogen-bond donors (Lipinski definition) is 2. The van der Waals surface area contributed by atoms with E-state index in [1.165, 1.54) is 6.92 Å². The first kappa shape index (κ1) is 23.6. The average Bonchev–Trinajstić information content (AvgIpc) is 3.17. The molecule has 5 rings (SSSR count). The molecule has 1 saturated heterocycles. The molecule has 1 fully saturated rings. The molecule has 1 spiro atoms. The lowest BCUT2D eigenvalue weighted by molar-refractivity contribution is -0.170. The predicted octanol–water partition coefficient (Wildman–Crippen LogP) is 1.31. The van der Waals surface area contributed by atoms with Crippen LogP contribution in [-0.4, -0.2) is 77.6 Å². The molecule has 10 nitrogen and oxygen atoms in total. The topological polar surface area (TPSA) is 132 Å². The Labute approximate surface area is 202 Å². The van der Waals surface area contributed by atoms with Crippen molar-refractivity contribution in [3.05, 3.63) is 35.1 Å². The molecule has 5 atom stereocenters. The number of esters is 2. The summed E-state index contributed by atoms with van der Waals surface area (Å²) in [6, 6.07) is 3.76. The molecule has 2 aliphatic heterocycles.